The Hall–Kier alpha value is -0.800. The van der Waals surface area contributed by atoms with Crippen molar-refractivity contribution >= 4 is 34.4 Å². The van der Waals surface area contributed by atoms with Crippen LogP contribution >= 0.6 is 23.2 Å². The standard InChI is InChI=1S/C12H15Cl2N3/c1-3-4-5-7(2)11-15-9-6-8(13)10(14)16-12(9)17-11/h6-7H,3-5H2,1-2H3,(H,15,16,17). The molecule has 0 aliphatic carbocycles. The lowest BCUT2D eigenvalue weighted by Gasteiger charge is -2.05. The number of aromatic nitrogens is 3. The summed E-state index contributed by atoms with van der Waals surface area (Å²) in [5, 5.41) is 0.758. The molecule has 0 spiro atoms. The summed E-state index contributed by atoms with van der Waals surface area (Å²) in [5.41, 5.74) is 1.48. The van der Waals surface area contributed by atoms with Gasteiger partial charge in [-0.15, -0.1) is 0 Å². The molecule has 1 N–H and O–H groups in total. The molecule has 1 atom stereocenters. The molecule has 2 heterocycles. The van der Waals surface area contributed by atoms with E-state index in [4.69, 9.17) is 23.2 Å². The number of pyridine rings is 1. The molecule has 1 unspecified atom stereocenters. The fraction of sp³-hybridized carbons (Fsp3) is 0.500. The van der Waals surface area contributed by atoms with Crippen LogP contribution in [-0.2, 0) is 0 Å². The third-order valence-corrected chi connectivity index (χ3v) is 3.53. The highest BCUT2D eigenvalue weighted by atomic mass is 35.5. The van der Waals surface area contributed by atoms with Gasteiger partial charge in [-0.25, -0.2) is 9.97 Å². The van der Waals surface area contributed by atoms with Crippen LogP contribution in [0.4, 0.5) is 0 Å². The van der Waals surface area contributed by atoms with Gasteiger partial charge in [-0.3, -0.25) is 0 Å². The number of H-pyrrole nitrogens is 1. The number of imidazole rings is 1. The molecular weight excluding hydrogens is 257 g/mol. The zero-order valence-electron chi connectivity index (χ0n) is 9.93. The molecule has 0 aromatic carbocycles. The van der Waals surface area contributed by atoms with Crippen molar-refractivity contribution in [2.24, 2.45) is 0 Å². The number of halogens is 2. The van der Waals surface area contributed by atoms with Gasteiger partial charge in [0.25, 0.3) is 0 Å². The fourth-order valence-electron chi connectivity index (χ4n) is 1.80. The molecule has 0 saturated carbocycles. The highest BCUT2D eigenvalue weighted by Gasteiger charge is 2.12. The molecule has 2 aromatic rings. The second kappa shape index (κ2) is 5.23. The molecule has 2 aromatic heterocycles. The molecule has 3 nitrogen and oxygen atoms in total. The average molecular weight is 272 g/mol. The van der Waals surface area contributed by atoms with Crippen LogP contribution in [0, 0.1) is 0 Å². The van der Waals surface area contributed by atoms with Crippen molar-refractivity contribution in [3.05, 3.63) is 22.1 Å². The van der Waals surface area contributed by atoms with Gasteiger partial charge in [0, 0.05) is 5.92 Å². The van der Waals surface area contributed by atoms with E-state index in [1.165, 1.54) is 12.8 Å². The Morgan fingerprint density at radius 2 is 2.12 bits per heavy atom. The number of hydrogen-bond donors (Lipinski definition) is 1. The predicted octanol–water partition coefficient (Wildman–Crippen LogP) is 4.56. The summed E-state index contributed by atoms with van der Waals surface area (Å²) in [5.74, 6) is 1.36. The number of unbranched alkanes of at least 4 members (excludes halogenated alkanes) is 1. The molecule has 0 radical (unpaired) electrons. The van der Waals surface area contributed by atoms with Crippen LogP contribution in [0.1, 0.15) is 44.9 Å². The molecule has 0 bridgehead atoms. The van der Waals surface area contributed by atoms with Gasteiger partial charge in [0.15, 0.2) is 5.65 Å². The Labute approximate surface area is 111 Å². The number of fused-ring (bicyclic) bond motifs is 1. The van der Waals surface area contributed by atoms with Gasteiger partial charge < -0.3 is 4.98 Å². The van der Waals surface area contributed by atoms with Crippen molar-refractivity contribution in [2.75, 3.05) is 0 Å². The largest absolute Gasteiger partial charge is 0.340 e. The number of nitrogens with one attached hydrogen (secondary N) is 1. The Morgan fingerprint density at radius 1 is 1.35 bits per heavy atom. The lowest BCUT2D eigenvalue weighted by Crippen LogP contribution is -1.95. The van der Waals surface area contributed by atoms with E-state index in [2.05, 4.69) is 28.8 Å². The van der Waals surface area contributed by atoms with E-state index < -0.39 is 0 Å². The lowest BCUT2D eigenvalue weighted by atomic mass is 10.0. The number of nitrogens with zero attached hydrogens (tertiary/aromatic N) is 2. The first-order chi connectivity index (χ1) is 8.11. The summed E-state index contributed by atoms with van der Waals surface area (Å²) in [7, 11) is 0. The number of aromatic amines is 1. The Kier molecular flexibility index (Phi) is 3.89. The topological polar surface area (TPSA) is 41.6 Å². The molecule has 17 heavy (non-hydrogen) atoms. The number of rotatable bonds is 4. The predicted molar refractivity (Wildman–Crippen MR) is 71.8 cm³/mol. The van der Waals surface area contributed by atoms with Crippen LogP contribution in [0.3, 0.4) is 0 Å². The molecule has 0 saturated heterocycles. The zero-order chi connectivity index (χ0) is 12.4. The first-order valence-electron chi connectivity index (χ1n) is 5.83. The van der Waals surface area contributed by atoms with E-state index in [-0.39, 0.29) is 0 Å². The van der Waals surface area contributed by atoms with Gasteiger partial charge in [0.05, 0.1) is 10.5 Å². The third kappa shape index (κ3) is 2.72. The smallest absolute Gasteiger partial charge is 0.179 e. The van der Waals surface area contributed by atoms with E-state index in [0.29, 0.717) is 21.7 Å². The minimum absolute atomic E-state index is 0.304. The Bertz CT molecular complexity index is 483. The first-order valence-corrected chi connectivity index (χ1v) is 6.59. The molecular formula is C12H15Cl2N3. The van der Waals surface area contributed by atoms with Crippen molar-refractivity contribution < 1.29 is 0 Å². The Balaban J connectivity index is 2.31. The molecule has 0 aliphatic rings. The van der Waals surface area contributed by atoms with Gasteiger partial charge >= 0.3 is 0 Å². The summed E-state index contributed by atoms with van der Waals surface area (Å²) in [6, 6.07) is 1.77. The van der Waals surface area contributed by atoms with Gasteiger partial charge in [-0.2, -0.15) is 0 Å². The molecule has 0 amide bonds. The maximum absolute atomic E-state index is 5.92. The third-order valence-electron chi connectivity index (χ3n) is 2.86. The van der Waals surface area contributed by atoms with Crippen LogP contribution in [0.5, 0.6) is 0 Å². The van der Waals surface area contributed by atoms with Crippen molar-refractivity contribution in [1.29, 1.82) is 0 Å². The molecule has 2 rings (SSSR count). The van der Waals surface area contributed by atoms with E-state index in [0.717, 1.165) is 17.8 Å². The number of hydrogen-bond acceptors (Lipinski definition) is 2. The monoisotopic (exact) mass is 271 g/mol. The maximum Gasteiger partial charge on any atom is 0.179 e. The zero-order valence-corrected chi connectivity index (χ0v) is 11.4. The highest BCUT2D eigenvalue weighted by molar-refractivity contribution is 6.41. The van der Waals surface area contributed by atoms with Crippen molar-refractivity contribution in [2.45, 2.75) is 39.0 Å². The SMILES string of the molecule is CCCCC(C)c1nc2nc(Cl)c(Cl)cc2[nH]1. The highest BCUT2D eigenvalue weighted by Crippen LogP contribution is 2.26. The van der Waals surface area contributed by atoms with Crippen LogP contribution in [-0.4, -0.2) is 15.0 Å². The molecule has 0 fully saturated rings. The van der Waals surface area contributed by atoms with Crippen molar-refractivity contribution in [3.8, 4) is 0 Å². The summed E-state index contributed by atoms with van der Waals surface area (Å²) in [6.45, 7) is 4.35. The first kappa shape index (κ1) is 12.7. The average Bonchev–Trinajstić information content (AvgIpc) is 2.69. The van der Waals surface area contributed by atoms with Crippen molar-refractivity contribution in [3.63, 3.8) is 0 Å². The van der Waals surface area contributed by atoms with Crippen LogP contribution in [0.2, 0.25) is 10.2 Å². The van der Waals surface area contributed by atoms with E-state index in [9.17, 15) is 0 Å². The second-order valence-corrected chi connectivity index (χ2v) is 5.06. The van der Waals surface area contributed by atoms with E-state index in [1.807, 2.05) is 0 Å². The van der Waals surface area contributed by atoms with Crippen LogP contribution < -0.4 is 0 Å². The second-order valence-electron chi connectivity index (χ2n) is 4.30. The van der Waals surface area contributed by atoms with Gasteiger partial charge in [0.1, 0.15) is 11.0 Å². The summed E-state index contributed by atoms with van der Waals surface area (Å²) in [6.07, 6.45) is 3.52. The Morgan fingerprint density at radius 3 is 2.82 bits per heavy atom. The van der Waals surface area contributed by atoms with Crippen LogP contribution in [0.15, 0.2) is 6.07 Å². The summed E-state index contributed by atoms with van der Waals surface area (Å²) in [4.78, 5) is 11.9. The van der Waals surface area contributed by atoms with Gasteiger partial charge in [0.2, 0.25) is 0 Å². The van der Waals surface area contributed by atoms with Gasteiger partial charge in [-0.05, 0) is 12.5 Å². The van der Waals surface area contributed by atoms with Crippen LogP contribution in [0.25, 0.3) is 11.2 Å². The fourth-order valence-corrected chi connectivity index (χ4v) is 2.08. The molecule has 5 heteroatoms. The van der Waals surface area contributed by atoms with E-state index in [1.54, 1.807) is 6.07 Å². The molecule has 0 aliphatic heterocycles. The normalized spacial score (nSPS) is 13.2. The van der Waals surface area contributed by atoms with Crippen molar-refractivity contribution in [1.82, 2.24) is 15.0 Å². The molecule has 92 valence electrons. The quantitative estimate of drug-likeness (QED) is 0.829. The van der Waals surface area contributed by atoms with E-state index >= 15 is 0 Å². The minimum atomic E-state index is 0.304. The summed E-state index contributed by atoms with van der Waals surface area (Å²) >= 11 is 11.8. The maximum atomic E-state index is 5.92. The lowest BCUT2D eigenvalue weighted by molar-refractivity contribution is 0.602. The van der Waals surface area contributed by atoms with Gasteiger partial charge in [-0.1, -0.05) is 49.9 Å². The summed E-state index contributed by atoms with van der Waals surface area (Å²) < 4.78 is 0. The minimum Gasteiger partial charge on any atom is -0.340 e.